The molecule has 1 fully saturated rings. The Kier molecular flexibility index (Phi) is 7.81. The van der Waals surface area contributed by atoms with Gasteiger partial charge in [-0.05, 0) is 5.53 Å². The maximum Gasteiger partial charge on any atom is 0.303 e. The predicted octanol–water partition coefficient (Wildman–Crippen LogP) is -0.0472. The summed E-state index contributed by atoms with van der Waals surface area (Å²) in [5.41, 5.74) is 8.74. The highest BCUT2D eigenvalue weighted by Crippen LogP contribution is 2.28. The Bertz CT molecular complexity index is 618. The lowest BCUT2D eigenvalue weighted by Gasteiger charge is -2.43. The highest BCUT2D eigenvalue weighted by molar-refractivity contribution is 5.73. The van der Waals surface area contributed by atoms with Crippen molar-refractivity contribution in [2.45, 2.75) is 58.3 Å². The van der Waals surface area contributed by atoms with Gasteiger partial charge in [-0.3, -0.25) is 19.2 Å². The van der Waals surface area contributed by atoms with Crippen LogP contribution in [0.5, 0.6) is 0 Å². The lowest BCUT2D eigenvalue weighted by molar-refractivity contribution is -0.222. The Morgan fingerprint density at radius 2 is 1.62 bits per heavy atom. The molecule has 1 aliphatic rings. The number of rotatable bonds is 6. The smallest absolute Gasteiger partial charge is 0.303 e. The number of nitrogens with zero attached hydrogens (tertiary/aromatic N) is 3. The molecule has 0 aromatic carbocycles. The molecule has 0 saturated carbocycles. The molecule has 144 valence electrons. The van der Waals surface area contributed by atoms with Crippen LogP contribution in [0.3, 0.4) is 0 Å². The monoisotopic (exact) mass is 372 g/mol. The van der Waals surface area contributed by atoms with Crippen molar-refractivity contribution in [1.82, 2.24) is 5.32 Å². The standard InChI is InChI=1S/C14H20N4O8/c1-6(19)16-11-13(25-9(4)22)12(24-8(3)21)10(5-23-7(2)20)26-14(11)17-18-15/h10-14H,5H2,1-4H3,(H,16,19)/t10-,11+,12+,13-,14-/m0/s1. The summed E-state index contributed by atoms with van der Waals surface area (Å²) < 4.78 is 20.8. The third-order valence-electron chi connectivity index (χ3n) is 3.26. The number of amides is 1. The lowest BCUT2D eigenvalue weighted by atomic mass is 9.95. The molecule has 0 aromatic heterocycles. The topological polar surface area (TPSA) is 166 Å². The Labute approximate surface area is 148 Å². The maximum absolute atomic E-state index is 11.5. The van der Waals surface area contributed by atoms with E-state index in [9.17, 15) is 19.2 Å². The van der Waals surface area contributed by atoms with Crippen LogP contribution in [-0.2, 0) is 38.1 Å². The van der Waals surface area contributed by atoms with E-state index in [1.165, 1.54) is 6.92 Å². The zero-order chi connectivity index (χ0) is 19.9. The summed E-state index contributed by atoms with van der Waals surface area (Å²) in [4.78, 5) is 48.2. The SMILES string of the molecule is CC(=O)N[C@@H]1[C@H](OC(C)=O)[C@H](OC(C)=O)[C@H](COC(C)=O)O[C@@H]1N=[N+]=[N-]. The third kappa shape index (κ3) is 6.22. The van der Waals surface area contributed by atoms with E-state index in [0.717, 1.165) is 20.8 Å². The summed E-state index contributed by atoms with van der Waals surface area (Å²) in [5.74, 6) is -2.58. The molecule has 1 heterocycles. The molecular weight excluding hydrogens is 352 g/mol. The van der Waals surface area contributed by atoms with Crippen LogP contribution in [0.2, 0.25) is 0 Å². The first-order valence-corrected chi connectivity index (χ1v) is 7.60. The van der Waals surface area contributed by atoms with Crippen molar-refractivity contribution in [3.05, 3.63) is 10.4 Å². The Balaban J connectivity index is 3.28. The van der Waals surface area contributed by atoms with E-state index in [1.807, 2.05) is 0 Å². The zero-order valence-corrected chi connectivity index (χ0v) is 14.7. The Morgan fingerprint density at radius 1 is 1.04 bits per heavy atom. The third-order valence-corrected chi connectivity index (χ3v) is 3.26. The van der Waals surface area contributed by atoms with Crippen molar-refractivity contribution in [3.63, 3.8) is 0 Å². The van der Waals surface area contributed by atoms with Crippen LogP contribution in [-0.4, -0.2) is 61.0 Å². The number of carbonyl (C=O) groups excluding carboxylic acids is 4. The first-order valence-electron chi connectivity index (χ1n) is 7.60. The van der Waals surface area contributed by atoms with Gasteiger partial charge in [-0.15, -0.1) is 0 Å². The predicted molar refractivity (Wildman–Crippen MR) is 83.2 cm³/mol. The molecular formula is C14H20N4O8. The molecule has 1 aliphatic heterocycles. The minimum Gasteiger partial charge on any atom is -0.463 e. The first kappa shape index (κ1) is 21.2. The fourth-order valence-electron chi connectivity index (χ4n) is 2.46. The molecule has 12 heteroatoms. The highest BCUT2D eigenvalue weighted by atomic mass is 16.6. The fraction of sp³-hybridized carbons (Fsp3) is 0.714. The first-order chi connectivity index (χ1) is 12.1. The second kappa shape index (κ2) is 9.59. The minimum atomic E-state index is -1.29. The van der Waals surface area contributed by atoms with Gasteiger partial charge in [-0.2, -0.15) is 0 Å². The molecule has 1 saturated heterocycles. The second-order valence-electron chi connectivity index (χ2n) is 5.45. The molecule has 0 unspecified atom stereocenters. The molecule has 0 aromatic rings. The quantitative estimate of drug-likeness (QED) is 0.223. The fourth-order valence-corrected chi connectivity index (χ4v) is 2.46. The molecule has 1 N–H and O–H groups in total. The number of azide groups is 1. The summed E-state index contributed by atoms with van der Waals surface area (Å²) in [6.45, 7) is 4.26. The van der Waals surface area contributed by atoms with Crippen molar-refractivity contribution in [1.29, 1.82) is 0 Å². The second-order valence-corrected chi connectivity index (χ2v) is 5.45. The largest absolute Gasteiger partial charge is 0.463 e. The van der Waals surface area contributed by atoms with E-state index in [-0.39, 0.29) is 6.61 Å². The molecule has 26 heavy (non-hydrogen) atoms. The average Bonchev–Trinajstić information content (AvgIpc) is 2.50. The number of nitrogens with one attached hydrogen (secondary N) is 1. The molecule has 12 nitrogen and oxygen atoms in total. The average molecular weight is 372 g/mol. The summed E-state index contributed by atoms with van der Waals surface area (Å²) in [7, 11) is 0. The van der Waals surface area contributed by atoms with Gasteiger partial charge in [0.1, 0.15) is 18.8 Å². The highest BCUT2D eigenvalue weighted by Gasteiger charge is 2.50. The molecule has 1 amide bonds. The summed E-state index contributed by atoms with van der Waals surface area (Å²) in [6, 6.07) is -1.12. The van der Waals surface area contributed by atoms with E-state index in [2.05, 4.69) is 15.3 Å². The Hall–Kier alpha value is -2.85. The molecule has 0 bridgehead atoms. The van der Waals surface area contributed by atoms with Crippen molar-refractivity contribution < 1.29 is 38.1 Å². The van der Waals surface area contributed by atoms with E-state index in [0.29, 0.717) is 0 Å². The van der Waals surface area contributed by atoms with Gasteiger partial charge in [-0.1, -0.05) is 5.11 Å². The van der Waals surface area contributed by atoms with Crippen LogP contribution in [0.4, 0.5) is 0 Å². The normalized spacial score (nSPS) is 27.5. The van der Waals surface area contributed by atoms with Crippen molar-refractivity contribution >= 4 is 23.8 Å². The number of hydrogen-bond donors (Lipinski definition) is 1. The van der Waals surface area contributed by atoms with Gasteiger partial charge in [0.15, 0.2) is 18.4 Å². The van der Waals surface area contributed by atoms with E-state index in [4.69, 9.17) is 24.5 Å². The Morgan fingerprint density at radius 3 is 2.08 bits per heavy atom. The molecule has 1 rings (SSSR count). The summed E-state index contributed by atoms with van der Waals surface area (Å²) in [6.07, 6.45) is -4.82. The molecule has 5 atom stereocenters. The van der Waals surface area contributed by atoms with Gasteiger partial charge in [-0.25, -0.2) is 0 Å². The van der Waals surface area contributed by atoms with Crippen LogP contribution < -0.4 is 5.32 Å². The summed E-state index contributed by atoms with van der Waals surface area (Å²) >= 11 is 0. The van der Waals surface area contributed by atoms with E-state index < -0.39 is 54.4 Å². The van der Waals surface area contributed by atoms with Crippen LogP contribution in [0.1, 0.15) is 27.7 Å². The van der Waals surface area contributed by atoms with E-state index >= 15 is 0 Å². The number of carbonyl (C=O) groups is 4. The number of ether oxygens (including phenoxy) is 4. The van der Waals surface area contributed by atoms with Crippen molar-refractivity contribution in [3.8, 4) is 0 Å². The minimum absolute atomic E-state index is 0.352. The van der Waals surface area contributed by atoms with Crippen molar-refractivity contribution in [2.24, 2.45) is 5.11 Å². The summed E-state index contributed by atoms with van der Waals surface area (Å²) in [5, 5.41) is 5.89. The van der Waals surface area contributed by atoms with Gasteiger partial charge < -0.3 is 24.3 Å². The number of esters is 3. The van der Waals surface area contributed by atoms with Gasteiger partial charge in [0.05, 0.1) is 0 Å². The van der Waals surface area contributed by atoms with Crippen molar-refractivity contribution in [2.75, 3.05) is 6.61 Å². The van der Waals surface area contributed by atoms with Crippen LogP contribution >= 0.6 is 0 Å². The molecule has 0 spiro atoms. The van der Waals surface area contributed by atoms with Gasteiger partial charge in [0.25, 0.3) is 0 Å². The van der Waals surface area contributed by atoms with E-state index in [1.54, 1.807) is 0 Å². The zero-order valence-electron chi connectivity index (χ0n) is 14.7. The van der Waals surface area contributed by atoms with Gasteiger partial charge in [0.2, 0.25) is 5.91 Å². The van der Waals surface area contributed by atoms with Gasteiger partial charge >= 0.3 is 17.9 Å². The molecule has 0 radical (unpaired) electrons. The number of hydrogen-bond acceptors (Lipinski definition) is 9. The van der Waals surface area contributed by atoms with Crippen LogP contribution in [0, 0.1) is 0 Å². The van der Waals surface area contributed by atoms with Crippen LogP contribution in [0.25, 0.3) is 10.4 Å². The molecule has 0 aliphatic carbocycles. The lowest BCUT2D eigenvalue weighted by Crippen LogP contribution is -2.65. The maximum atomic E-state index is 11.5. The van der Waals surface area contributed by atoms with Gasteiger partial charge in [0, 0.05) is 32.6 Å². The van der Waals surface area contributed by atoms with Crippen LogP contribution in [0.15, 0.2) is 5.11 Å².